The first-order valence-corrected chi connectivity index (χ1v) is 10.3. The molecule has 4 rings (SSSR count). The van der Waals surface area contributed by atoms with Gasteiger partial charge in [-0.1, -0.05) is 43.3 Å². The molecule has 1 N–H and O–H groups in total. The first kappa shape index (κ1) is 19.4. The van der Waals surface area contributed by atoms with Crippen LogP contribution in [0.1, 0.15) is 19.5 Å². The van der Waals surface area contributed by atoms with Crippen molar-refractivity contribution in [1.29, 1.82) is 5.26 Å². The van der Waals surface area contributed by atoms with Crippen LogP contribution in [0.3, 0.4) is 0 Å². The fraction of sp³-hybridized carbons (Fsp3) is 0.391. The summed E-state index contributed by atoms with van der Waals surface area (Å²) in [5, 5.41) is 15.0. The van der Waals surface area contributed by atoms with Crippen molar-refractivity contribution in [3.63, 3.8) is 0 Å². The molecule has 1 fully saturated rings. The Morgan fingerprint density at radius 1 is 1.14 bits per heavy atom. The van der Waals surface area contributed by atoms with Gasteiger partial charge >= 0.3 is 0 Å². The normalized spacial score (nSPS) is 16.6. The predicted molar refractivity (Wildman–Crippen MR) is 116 cm³/mol. The maximum Gasteiger partial charge on any atom is 0.232 e. The van der Waals surface area contributed by atoms with E-state index >= 15 is 0 Å². The zero-order valence-electron chi connectivity index (χ0n) is 17.1. The van der Waals surface area contributed by atoms with E-state index in [0.717, 1.165) is 49.1 Å². The number of nitrogens with zero attached hydrogens (tertiary/aromatic N) is 4. The highest BCUT2D eigenvalue weighted by atomic mass is 16.4. The van der Waals surface area contributed by atoms with E-state index in [4.69, 9.17) is 4.42 Å². The summed E-state index contributed by atoms with van der Waals surface area (Å²) in [4.78, 5) is 9.40. The van der Waals surface area contributed by atoms with Crippen LogP contribution in [-0.4, -0.2) is 60.1 Å². The number of rotatable bonds is 6. The van der Waals surface area contributed by atoms with Crippen molar-refractivity contribution in [3.8, 4) is 17.5 Å². The maximum atomic E-state index is 9.53. The summed E-state index contributed by atoms with van der Waals surface area (Å²) in [6.45, 7) is 10.6. The predicted octanol–water partition coefficient (Wildman–Crippen LogP) is 3.80. The van der Waals surface area contributed by atoms with Gasteiger partial charge in [-0.3, -0.25) is 4.90 Å². The van der Waals surface area contributed by atoms with Gasteiger partial charge < -0.3 is 14.6 Å². The second-order valence-electron chi connectivity index (χ2n) is 7.54. The number of fused-ring (bicyclic) bond motifs is 1. The first-order chi connectivity index (χ1) is 14.2. The molecule has 1 atom stereocenters. The molecule has 0 spiro atoms. The van der Waals surface area contributed by atoms with Crippen LogP contribution in [0.2, 0.25) is 0 Å². The Morgan fingerprint density at radius 3 is 2.66 bits per heavy atom. The van der Waals surface area contributed by atoms with Crippen LogP contribution in [0, 0.1) is 11.3 Å². The van der Waals surface area contributed by atoms with Crippen LogP contribution in [-0.2, 0) is 0 Å². The zero-order valence-corrected chi connectivity index (χ0v) is 17.1. The molecule has 6 heteroatoms. The molecule has 150 valence electrons. The Balaban J connectivity index is 1.49. The number of benzene rings is 2. The van der Waals surface area contributed by atoms with Gasteiger partial charge in [-0.25, -0.2) is 0 Å². The van der Waals surface area contributed by atoms with Crippen molar-refractivity contribution < 1.29 is 4.42 Å². The van der Waals surface area contributed by atoms with Crippen molar-refractivity contribution in [1.82, 2.24) is 14.8 Å². The highest BCUT2D eigenvalue weighted by Gasteiger charge is 2.22. The summed E-state index contributed by atoms with van der Waals surface area (Å²) >= 11 is 0. The molecule has 29 heavy (non-hydrogen) atoms. The largest absolute Gasteiger partial charge is 0.419 e. The van der Waals surface area contributed by atoms with Crippen LogP contribution >= 0.6 is 0 Å². The molecule has 1 aliphatic heterocycles. The molecule has 6 nitrogen and oxygen atoms in total. The molecule has 3 aromatic rings. The van der Waals surface area contributed by atoms with Gasteiger partial charge in [0.25, 0.3) is 0 Å². The highest BCUT2D eigenvalue weighted by molar-refractivity contribution is 5.94. The van der Waals surface area contributed by atoms with Crippen LogP contribution in [0.25, 0.3) is 22.2 Å². The lowest BCUT2D eigenvalue weighted by Gasteiger charge is -2.37. The van der Waals surface area contributed by atoms with E-state index in [-0.39, 0.29) is 0 Å². The van der Waals surface area contributed by atoms with E-state index in [2.05, 4.69) is 52.2 Å². The molecule has 0 saturated carbocycles. The second-order valence-corrected chi connectivity index (χ2v) is 7.54. The molecule has 2 aromatic carbocycles. The number of hydrogen-bond acceptors (Lipinski definition) is 6. The smallest absolute Gasteiger partial charge is 0.232 e. The van der Waals surface area contributed by atoms with E-state index in [1.54, 1.807) is 0 Å². The van der Waals surface area contributed by atoms with Crippen molar-refractivity contribution >= 4 is 16.7 Å². The number of nitriles is 1. The lowest BCUT2D eigenvalue weighted by Crippen LogP contribution is -2.51. The fourth-order valence-corrected chi connectivity index (χ4v) is 3.93. The molecule has 0 amide bonds. The highest BCUT2D eigenvalue weighted by Crippen LogP contribution is 2.31. The lowest BCUT2D eigenvalue weighted by atomic mass is 10.0. The number of aromatic nitrogens is 1. The molecule has 0 aliphatic carbocycles. The summed E-state index contributed by atoms with van der Waals surface area (Å²) in [5.74, 6) is 0.930. The van der Waals surface area contributed by atoms with Crippen LogP contribution in [0.5, 0.6) is 0 Å². The summed E-state index contributed by atoms with van der Waals surface area (Å²) < 4.78 is 6.00. The third-order valence-electron chi connectivity index (χ3n) is 5.79. The maximum absolute atomic E-state index is 9.53. The molecular formula is C23H27N5O. The molecular weight excluding hydrogens is 362 g/mol. The monoisotopic (exact) mass is 389 g/mol. The quantitative estimate of drug-likeness (QED) is 0.692. The topological polar surface area (TPSA) is 68.3 Å². The number of likely N-dealkylation sites (N-methyl/N-ethyl adjacent to an activating group) is 1. The van der Waals surface area contributed by atoms with Crippen LogP contribution < -0.4 is 5.32 Å². The van der Waals surface area contributed by atoms with Gasteiger partial charge in [-0.15, -0.1) is 0 Å². The Kier molecular flexibility index (Phi) is 5.79. The molecule has 0 bridgehead atoms. The summed E-state index contributed by atoms with van der Waals surface area (Å²) in [7, 11) is 0. The van der Waals surface area contributed by atoms with E-state index in [0.29, 0.717) is 30.1 Å². The minimum atomic E-state index is 0.302. The van der Waals surface area contributed by atoms with E-state index in [9.17, 15) is 5.26 Å². The number of oxazole rings is 1. The van der Waals surface area contributed by atoms with Crippen molar-refractivity contribution in [2.45, 2.75) is 19.9 Å². The van der Waals surface area contributed by atoms with Gasteiger partial charge in [0.1, 0.15) is 6.07 Å². The molecule has 1 aliphatic rings. The first-order valence-electron chi connectivity index (χ1n) is 10.3. The summed E-state index contributed by atoms with van der Waals surface area (Å²) in [6.07, 6.45) is 0. The van der Waals surface area contributed by atoms with Gasteiger partial charge in [-0.2, -0.15) is 10.2 Å². The van der Waals surface area contributed by atoms with Crippen LogP contribution in [0.15, 0.2) is 46.9 Å². The van der Waals surface area contributed by atoms with E-state index in [1.165, 1.54) is 0 Å². The Labute approximate surface area is 171 Å². The third kappa shape index (κ3) is 4.12. The van der Waals surface area contributed by atoms with E-state index in [1.807, 2.05) is 30.3 Å². The Morgan fingerprint density at radius 2 is 1.90 bits per heavy atom. The summed E-state index contributed by atoms with van der Waals surface area (Å²) in [5.41, 5.74) is 1.20. The molecule has 1 aromatic heterocycles. The van der Waals surface area contributed by atoms with E-state index < -0.39 is 0 Å². The zero-order chi connectivity index (χ0) is 20.2. The number of hydrogen-bond donors (Lipinski definition) is 1. The SMILES string of the molecule is CCN1CCN([C@@H](C)CNc2oc(-c3cccc4ccccc34)nc2C#N)CC1. The average molecular weight is 390 g/mol. The minimum Gasteiger partial charge on any atom is -0.419 e. The van der Waals surface area contributed by atoms with Gasteiger partial charge in [-0.05, 0) is 30.3 Å². The van der Waals surface area contributed by atoms with Crippen molar-refractivity contribution in [3.05, 3.63) is 48.2 Å². The average Bonchev–Trinajstić information content (AvgIpc) is 3.20. The standard InChI is InChI=1S/C23H27N5O/c1-3-27-11-13-28(14-12-27)17(2)16-25-23-21(15-24)26-22(29-23)20-10-6-8-18-7-4-5-9-19(18)20/h4-10,17,25H,3,11-14,16H2,1-2H3/t17-/m0/s1. The minimum absolute atomic E-state index is 0.302. The third-order valence-corrected chi connectivity index (χ3v) is 5.79. The lowest BCUT2D eigenvalue weighted by molar-refractivity contribution is 0.110. The molecule has 0 radical (unpaired) electrons. The van der Waals surface area contributed by atoms with Gasteiger partial charge in [0.2, 0.25) is 17.5 Å². The number of nitrogens with one attached hydrogen (secondary N) is 1. The number of anilines is 1. The Hall–Kier alpha value is -2.88. The number of piperazine rings is 1. The molecule has 0 unspecified atom stereocenters. The van der Waals surface area contributed by atoms with Crippen molar-refractivity contribution in [2.24, 2.45) is 0 Å². The van der Waals surface area contributed by atoms with Crippen molar-refractivity contribution in [2.75, 3.05) is 44.6 Å². The van der Waals surface area contributed by atoms with Gasteiger partial charge in [0.15, 0.2) is 0 Å². The second kappa shape index (κ2) is 8.64. The van der Waals surface area contributed by atoms with Crippen LogP contribution in [0.4, 0.5) is 5.88 Å². The van der Waals surface area contributed by atoms with Gasteiger partial charge in [0.05, 0.1) is 0 Å². The Bertz CT molecular complexity index is 1010. The molecule has 2 heterocycles. The molecule has 1 saturated heterocycles. The van der Waals surface area contributed by atoms with Gasteiger partial charge in [0, 0.05) is 44.3 Å². The fourth-order valence-electron chi connectivity index (χ4n) is 3.93. The summed E-state index contributed by atoms with van der Waals surface area (Å²) in [6, 6.07) is 16.7.